The van der Waals surface area contributed by atoms with Gasteiger partial charge in [0.2, 0.25) is 0 Å². The first-order valence-electron chi connectivity index (χ1n) is 8.31. The first-order chi connectivity index (χ1) is 13.0. The van der Waals surface area contributed by atoms with E-state index in [-0.39, 0.29) is 12.7 Å². The molecule has 27 heavy (non-hydrogen) atoms. The smallest absolute Gasteiger partial charge is 0.438 e. The van der Waals surface area contributed by atoms with E-state index in [0.29, 0.717) is 18.7 Å². The number of carbonyl (C=O) groups is 1. The fourth-order valence-electron chi connectivity index (χ4n) is 2.87. The zero-order valence-electron chi connectivity index (χ0n) is 15.3. The van der Waals surface area contributed by atoms with Gasteiger partial charge in [0, 0.05) is 14.1 Å². The lowest BCUT2D eigenvalue weighted by Gasteiger charge is -2.21. The highest BCUT2D eigenvalue weighted by atomic mass is 16.7. The lowest BCUT2D eigenvalue weighted by Crippen LogP contribution is -2.33. The molecule has 0 aliphatic carbocycles. The number of hydrogen-bond acceptors (Lipinski definition) is 8. The highest BCUT2D eigenvalue weighted by molar-refractivity contribution is 5.70. The van der Waals surface area contributed by atoms with Crippen molar-refractivity contribution in [3.05, 3.63) is 24.2 Å². The molecule has 0 bridgehead atoms. The van der Waals surface area contributed by atoms with Crippen LogP contribution in [0.25, 0.3) is 5.52 Å². The van der Waals surface area contributed by atoms with Crippen molar-refractivity contribution in [2.24, 2.45) is 4.99 Å². The predicted molar refractivity (Wildman–Crippen MR) is 94.6 cm³/mol. The normalized spacial score (nSPS) is 22.1. The highest BCUT2D eigenvalue weighted by Crippen LogP contribution is 2.40. The molecule has 1 aliphatic heterocycles. The van der Waals surface area contributed by atoms with E-state index in [9.17, 15) is 10.1 Å². The Morgan fingerprint density at radius 3 is 3.11 bits per heavy atom. The number of rotatable bonds is 5. The van der Waals surface area contributed by atoms with Gasteiger partial charge in [-0.2, -0.15) is 10.4 Å². The molecule has 142 valence electrons. The minimum atomic E-state index is -1.21. The number of nitriles is 1. The zero-order valence-corrected chi connectivity index (χ0v) is 15.3. The second kappa shape index (κ2) is 7.59. The van der Waals surface area contributed by atoms with Crippen molar-refractivity contribution in [1.29, 1.82) is 5.26 Å². The molecule has 3 heterocycles. The van der Waals surface area contributed by atoms with Crippen LogP contribution < -0.4 is 0 Å². The molecule has 3 rings (SSSR count). The summed E-state index contributed by atoms with van der Waals surface area (Å²) in [6, 6.07) is 5.85. The Hall–Kier alpha value is -3.19. The second-order valence-corrected chi connectivity index (χ2v) is 6.34. The first kappa shape index (κ1) is 18.6. The molecular formula is C17H20N6O4. The van der Waals surface area contributed by atoms with E-state index in [4.69, 9.17) is 9.47 Å². The van der Waals surface area contributed by atoms with E-state index in [1.54, 1.807) is 10.9 Å². The number of fused-ring (bicyclic) bond motifs is 1. The molecule has 1 aliphatic rings. The SMILES string of the molecule is COC(=O)OCC1(C#N)CCC(c2ccc3c(N=CN(C)C)ncnn23)O1. The number of hydrogen-bond donors (Lipinski definition) is 0. The van der Waals surface area contributed by atoms with Crippen molar-refractivity contribution in [2.45, 2.75) is 24.5 Å². The Bertz CT molecular complexity index is 902. The van der Waals surface area contributed by atoms with E-state index in [1.165, 1.54) is 13.4 Å². The van der Waals surface area contributed by atoms with Crippen molar-refractivity contribution in [3.63, 3.8) is 0 Å². The summed E-state index contributed by atoms with van der Waals surface area (Å²) in [5.74, 6) is 0.531. The van der Waals surface area contributed by atoms with Gasteiger partial charge in [-0.25, -0.2) is 19.3 Å². The van der Waals surface area contributed by atoms with E-state index in [1.807, 2.05) is 31.1 Å². The van der Waals surface area contributed by atoms with Crippen LogP contribution in [0.5, 0.6) is 0 Å². The van der Waals surface area contributed by atoms with Gasteiger partial charge in [0.05, 0.1) is 19.1 Å². The number of nitrogens with zero attached hydrogens (tertiary/aromatic N) is 6. The van der Waals surface area contributed by atoms with Crippen LogP contribution in [0.4, 0.5) is 10.6 Å². The van der Waals surface area contributed by atoms with Crippen molar-refractivity contribution in [2.75, 3.05) is 27.8 Å². The standard InChI is InChI=1S/C17H20N6O4/c1-22(2)11-20-15-13-5-4-12(23(13)21-10-19-15)14-6-7-17(8-18,27-14)9-26-16(24)25-3/h4-5,10-11,14H,6-7,9H2,1-3H3. The van der Waals surface area contributed by atoms with Crippen molar-refractivity contribution in [1.82, 2.24) is 19.5 Å². The number of aliphatic imine (C=N–C) groups is 1. The molecule has 1 saturated heterocycles. The average molecular weight is 372 g/mol. The molecule has 0 spiro atoms. The van der Waals surface area contributed by atoms with E-state index in [2.05, 4.69) is 25.9 Å². The van der Waals surface area contributed by atoms with Gasteiger partial charge < -0.3 is 19.1 Å². The topological polar surface area (TPSA) is 114 Å². The fourth-order valence-corrected chi connectivity index (χ4v) is 2.87. The fraction of sp³-hybridized carbons (Fsp3) is 0.471. The van der Waals surface area contributed by atoms with Crippen molar-refractivity contribution < 1.29 is 19.0 Å². The van der Waals surface area contributed by atoms with Gasteiger partial charge in [0.25, 0.3) is 0 Å². The number of methoxy groups -OCH3 is 1. The predicted octanol–water partition coefficient (Wildman–Crippen LogP) is 1.85. The Morgan fingerprint density at radius 2 is 2.41 bits per heavy atom. The average Bonchev–Trinajstić information content (AvgIpc) is 3.29. The minimum absolute atomic E-state index is 0.191. The highest BCUT2D eigenvalue weighted by Gasteiger charge is 2.43. The van der Waals surface area contributed by atoms with Crippen LogP contribution in [0.2, 0.25) is 0 Å². The Balaban J connectivity index is 1.83. The molecule has 0 amide bonds. The van der Waals surface area contributed by atoms with Gasteiger partial charge in [-0.1, -0.05) is 0 Å². The molecule has 10 nitrogen and oxygen atoms in total. The van der Waals surface area contributed by atoms with E-state index >= 15 is 0 Å². The third kappa shape index (κ3) is 3.83. The summed E-state index contributed by atoms with van der Waals surface area (Å²) < 4.78 is 17.0. The van der Waals surface area contributed by atoms with Crippen LogP contribution in [-0.2, 0) is 14.2 Å². The van der Waals surface area contributed by atoms with Crippen LogP contribution >= 0.6 is 0 Å². The molecular weight excluding hydrogens is 352 g/mol. The van der Waals surface area contributed by atoms with Gasteiger partial charge >= 0.3 is 6.16 Å². The molecule has 0 saturated carbocycles. The lowest BCUT2D eigenvalue weighted by molar-refractivity contribution is -0.0524. The third-order valence-electron chi connectivity index (χ3n) is 4.17. The van der Waals surface area contributed by atoms with Crippen LogP contribution in [0, 0.1) is 11.3 Å². The molecule has 1 fully saturated rings. The van der Waals surface area contributed by atoms with Gasteiger partial charge in [0.15, 0.2) is 11.4 Å². The number of ether oxygens (including phenoxy) is 3. The van der Waals surface area contributed by atoms with Crippen LogP contribution in [0.3, 0.4) is 0 Å². The van der Waals surface area contributed by atoms with Crippen LogP contribution in [0.1, 0.15) is 24.6 Å². The molecule has 0 radical (unpaired) electrons. The van der Waals surface area contributed by atoms with Crippen LogP contribution in [0.15, 0.2) is 23.5 Å². The minimum Gasteiger partial charge on any atom is -0.438 e. The largest absolute Gasteiger partial charge is 0.508 e. The number of carbonyl (C=O) groups excluding carboxylic acids is 1. The Labute approximate surface area is 156 Å². The molecule has 0 aromatic carbocycles. The van der Waals surface area contributed by atoms with Gasteiger partial charge in [-0.3, -0.25) is 0 Å². The summed E-state index contributed by atoms with van der Waals surface area (Å²) in [5, 5.41) is 13.8. The Kier molecular flexibility index (Phi) is 5.23. The molecule has 0 N–H and O–H groups in total. The molecule has 2 aromatic heterocycles. The van der Waals surface area contributed by atoms with Crippen LogP contribution in [-0.4, -0.2) is 65.4 Å². The van der Waals surface area contributed by atoms with Crippen molar-refractivity contribution in [3.8, 4) is 6.07 Å². The molecule has 2 aromatic rings. The summed E-state index contributed by atoms with van der Waals surface area (Å²) >= 11 is 0. The zero-order chi connectivity index (χ0) is 19.4. The quantitative estimate of drug-likeness (QED) is 0.444. The third-order valence-corrected chi connectivity index (χ3v) is 4.17. The maximum atomic E-state index is 11.2. The summed E-state index contributed by atoms with van der Waals surface area (Å²) in [5.41, 5.74) is 0.306. The van der Waals surface area contributed by atoms with Gasteiger partial charge in [-0.05, 0) is 25.0 Å². The second-order valence-electron chi connectivity index (χ2n) is 6.34. The molecule has 2 atom stereocenters. The van der Waals surface area contributed by atoms with E-state index < -0.39 is 11.8 Å². The molecule has 2 unspecified atom stereocenters. The summed E-state index contributed by atoms with van der Waals surface area (Å²) in [6.45, 7) is -0.191. The van der Waals surface area contributed by atoms with Gasteiger partial charge in [0.1, 0.15) is 30.6 Å². The van der Waals surface area contributed by atoms with Crippen molar-refractivity contribution >= 4 is 23.8 Å². The van der Waals surface area contributed by atoms with E-state index in [0.717, 1.165) is 11.2 Å². The summed E-state index contributed by atoms with van der Waals surface area (Å²) in [7, 11) is 4.95. The summed E-state index contributed by atoms with van der Waals surface area (Å²) in [6.07, 6.45) is 2.88. The summed E-state index contributed by atoms with van der Waals surface area (Å²) in [4.78, 5) is 21.6. The number of aromatic nitrogens is 3. The first-order valence-corrected chi connectivity index (χ1v) is 8.31. The monoisotopic (exact) mass is 372 g/mol. The Morgan fingerprint density at radius 1 is 1.59 bits per heavy atom. The maximum absolute atomic E-state index is 11.2. The maximum Gasteiger partial charge on any atom is 0.508 e. The molecule has 10 heteroatoms. The van der Waals surface area contributed by atoms with Gasteiger partial charge in [-0.15, -0.1) is 0 Å². The lowest BCUT2D eigenvalue weighted by atomic mass is 10.0.